The van der Waals surface area contributed by atoms with Gasteiger partial charge in [0.25, 0.3) is 0 Å². The second kappa shape index (κ2) is 8.11. The average Bonchev–Trinajstić information content (AvgIpc) is 2.94. The molecule has 3 rings (SSSR count). The first-order valence-corrected chi connectivity index (χ1v) is 9.83. The Hall–Kier alpha value is -2.04. The number of hydrogen-bond acceptors (Lipinski definition) is 2. The molecule has 0 aromatic heterocycles. The molecule has 3 unspecified atom stereocenters. The zero-order valence-electron chi connectivity index (χ0n) is 16.2. The van der Waals surface area contributed by atoms with Crippen LogP contribution < -0.4 is 5.32 Å². The van der Waals surface area contributed by atoms with Crippen LogP contribution in [0.4, 0.5) is 4.79 Å². The van der Waals surface area contributed by atoms with Crippen LogP contribution in [-0.4, -0.2) is 47.4 Å². The molecule has 142 valence electrons. The number of aryl methyl sites for hydroxylation is 1. The molecule has 1 aromatic carbocycles. The Morgan fingerprint density at radius 1 is 1.12 bits per heavy atom. The highest BCUT2D eigenvalue weighted by Crippen LogP contribution is 2.29. The minimum absolute atomic E-state index is 0.0264. The first-order chi connectivity index (χ1) is 12.4. The van der Waals surface area contributed by atoms with Crippen molar-refractivity contribution in [2.24, 2.45) is 11.8 Å². The van der Waals surface area contributed by atoms with Gasteiger partial charge in [0.2, 0.25) is 5.91 Å². The number of benzene rings is 1. The van der Waals surface area contributed by atoms with Crippen LogP contribution in [0, 0.1) is 18.8 Å². The van der Waals surface area contributed by atoms with Gasteiger partial charge in [0.05, 0.1) is 0 Å². The summed E-state index contributed by atoms with van der Waals surface area (Å²) >= 11 is 0. The van der Waals surface area contributed by atoms with Gasteiger partial charge in [-0.15, -0.1) is 0 Å². The maximum atomic E-state index is 12.6. The third kappa shape index (κ3) is 4.37. The van der Waals surface area contributed by atoms with Crippen LogP contribution in [0.5, 0.6) is 0 Å². The predicted octanol–water partition coefficient (Wildman–Crippen LogP) is 3.17. The van der Waals surface area contributed by atoms with Crippen LogP contribution in [0.2, 0.25) is 0 Å². The van der Waals surface area contributed by atoms with Crippen LogP contribution in [0.1, 0.15) is 44.2 Å². The number of carbonyl (C=O) groups excluding carboxylic acids is 2. The molecule has 1 saturated heterocycles. The summed E-state index contributed by atoms with van der Waals surface area (Å²) in [5.74, 6) is 1.12. The molecule has 1 saturated carbocycles. The Balaban J connectivity index is 1.50. The second-order valence-electron chi connectivity index (χ2n) is 8.05. The lowest BCUT2D eigenvalue weighted by Gasteiger charge is -2.34. The highest BCUT2D eigenvalue weighted by Gasteiger charge is 2.32. The molecule has 3 atom stereocenters. The molecule has 1 aromatic rings. The summed E-state index contributed by atoms with van der Waals surface area (Å²) in [6.45, 7) is 8.61. The summed E-state index contributed by atoms with van der Waals surface area (Å²) in [5.41, 5.74) is 2.34. The van der Waals surface area contributed by atoms with Gasteiger partial charge in [0.1, 0.15) is 6.54 Å². The van der Waals surface area contributed by atoms with E-state index in [1.54, 1.807) is 4.90 Å². The lowest BCUT2D eigenvalue weighted by atomic mass is 9.78. The molecule has 5 nitrogen and oxygen atoms in total. The Bertz CT molecular complexity index is 643. The maximum Gasteiger partial charge on any atom is 0.320 e. The van der Waals surface area contributed by atoms with Gasteiger partial charge in [-0.1, -0.05) is 56.5 Å². The number of hydrogen-bond donors (Lipinski definition) is 1. The average molecular weight is 357 g/mol. The van der Waals surface area contributed by atoms with Gasteiger partial charge in [-0.3, -0.25) is 4.79 Å². The van der Waals surface area contributed by atoms with Crippen molar-refractivity contribution in [3.05, 3.63) is 35.4 Å². The Morgan fingerprint density at radius 2 is 1.81 bits per heavy atom. The summed E-state index contributed by atoms with van der Waals surface area (Å²) < 4.78 is 0. The molecular weight excluding hydrogens is 326 g/mol. The molecule has 0 bridgehead atoms. The van der Waals surface area contributed by atoms with Gasteiger partial charge in [-0.05, 0) is 30.7 Å². The summed E-state index contributed by atoms with van der Waals surface area (Å²) in [6.07, 6.45) is 3.46. The van der Waals surface area contributed by atoms with Crippen LogP contribution in [0.25, 0.3) is 0 Å². The number of carbonyl (C=O) groups is 2. The fourth-order valence-corrected chi connectivity index (χ4v) is 4.05. The molecule has 0 radical (unpaired) electrons. The predicted molar refractivity (Wildman–Crippen MR) is 103 cm³/mol. The molecule has 2 aliphatic rings. The van der Waals surface area contributed by atoms with Crippen LogP contribution in [0.15, 0.2) is 24.3 Å². The van der Waals surface area contributed by atoms with Gasteiger partial charge in [-0.25, -0.2) is 4.79 Å². The fourth-order valence-electron chi connectivity index (χ4n) is 4.05. The molecule has 3 amide bonds. The first-order valence-electron chi connectivity index (χ1n) is 9.83. The zero-order valence-corrected chi connectivity index (χ0v) is 16.2. The van der Waals surface area contributed by atoms with Crippen molar-refractivity contribution in [2.75, 3.05) is 19.6 Å². The molecule has 1 N–H and O–H groups in total. The van der Waals surface area contributed by atoms with E-state index in [1.165, 1.54) is 18.4 Å². The summed E-state index contributed by atoms with van der Waals surface area (Å²) in [6, 6.07) is 8.45. The van der Waals surface area contributed by atoms with E-state index in [2.05, 4.69) is 50.4 Å². The largest absolute Gasteiger partial charge is 0.352 e. The second-order valence-corrected chi connectivity index (χ2v) is 8.05. The van der Waals surface area contributed by atoms with Crippen molar-refractivity contribution in [3.63, 3.8) is 0 Å². The van der Waals surface area contributed by atoms with Gasteiger partial charge >= 0.3 is 6.03 Å². The van der Waals surface area contributed by atoms with Crippen molar-refractivity contribution in [1.29, 1.82) is 0 Å². The van der Waals surface area contributed by atoms with Gasteiger partial charge in [0.15, 0.2) is 0 Å². The van der Waals surface area contributed by atoms with E-state index < -0.39 is 0 Å². The Labute approximate surface area is 156 Å². The highest BCUT2D eigenvalue weighted by molar-refractivity contribution is 5.85. The van der Waals surface area contributed by atoms with Crippen molar-refractivity contribution < 1.29 is 9.59 Å². The van der Waals surface area contributed by atoms with Gasteiger partial charge < -0.3 is 15.1 Å². The van der Waals surface area contributed by atoms with Crippen molar-refractivity contribution in [1.82, 2.24) is 15.1 Å². The SMILES string of the molecule is Cc1ccc(CN2CCN(CC(=O)NC3CCCC(C)C3C)C2=O)cc1. The number of rotatable bonds is 5. The maximum absolute atomic E-state index is 12.6. The summed E-state index contributed by atoms with van der Waals surface area (Å²) in [7, 11) is 0. The monoisotopic (exact) mass is 357 g/mol. The van der Waals surface area contributed by atoms with Crippen LogP contribution in [0.3, 0.4) is 0 Å². The van der Waals surface area contributed by atoms with E-state index in [0.29, 0.717) is 31.5 Å². The van der Waals surface area contributed by atoms with Gasteiger partial charge in [-0.2, -0.15) is 0 Å². The van der Waals surface area contributed by atoms with Crippen molar-refractivity contribution in [2.45, 2.75) is 52.6 Å². The lowest BCUT2D eigenvalue weighted by Crippen LogP contribution is -2.48. The topological polar surface area (TPSA) is 52.6 Å². The molecule has 1 heterocycles. The third-order valence-electron chi connectivity index (χ3n) is 6.06. The first kappa shape index (κ1) is 18.7. The Kier molecular flexibility index (Phi) is 5.84. The van der Waals surface area contributed by atoms with E-state index in [4.69, 9.17) is 0 Å². The highest BCUT2D eigenvalue weighted by atomic mass is 16.2. The van der Waals surface area contributed by atoms with Gasteiger partial charge in [0, 0.05) is 25.7 Å². The fraction of sp³-hybridized carbons (Fsp3) is 0.619. The van der Waals surface area contributed by atoms with E-state index >= 15 is 0 Å². The van der Waals surface area contributed by atoms with E-state index in [-0.39, 0.29) is 24.5 Å². The molecule has 5 heteroatoms. The Morgan fingerprint density at radius 3 is 2.54 bits per heavy atom. The molecule has 26 heavy (non-hydrogen) atoms. The van der Waals surface area contributed by atoms with Crippen molar-refractivity contribution >= 4 is 11.9 Å². The van der Waals surface area contributed by atoms with Crippen molar-refractivity contribution in [3.8, 4) is 0 Å². The quantitative estimate of drug-likeness (QED) is 0.880. The molecule has 1 aliphatic carbocycles. The van der Waals surface area contributed by atoms with E-state index in [0.717, 1.165) is 12.0 Å². The molecule has 2 fully saturated rings. The molecule has 0 spiro atoms. The third-order valence-corrected chi connectivity index (χ3v) is 6.06. The number of urea groups is 1. The molecule has 1 aliphatic heterocycles. The number of nitrogens with zero attached hydrogens (tertiary/aromatic N) is 2. The lowest BCUT2D eigenvalue weighted by molar-refractivity contribution is -0.123. The normalized spacial score (nSPS) is 26.3. The summed E-state index contributed by atoms with van der Waals surface area (Å²) in [4.78, 5) is 28.5. The zero-order chi connectivity index (χ0) is 18.7. The van der Waals surface area contributed by atoms with Crippen LogP contribution in [-0.2, 0) is 11.3 Å². The summed E-state index contributed by atoms with van der Waals surface area (Å²) in [5, 5.41) is 3.17. The molecular formula is C21H31N3O2. The standard InChI is InChI=1S/C21H31N3O2/c1-15-7-9-18(10-8-15)13-23-11-12-24(21(23)26)14-20(25)22-19-6-4-5-16(2)17(19)3/h7-10,16-17,19H,4-6,11-14H2,1-3H3,(H,22,25). The van der Waals surface area contributed by atoms with E-state index in [9.17, 15) is 9.59 Å². The number of nitrogens with one attached hydrogen (secondary N) is 1. The van der Waals surface area contributed by atoms with Crippen LogP contribution >= 0.6 is 0 Å². The van der Waals surface area contributed by atoms with E-state index in [1.807, 2.05) is 4.90 Å². The minimum Gasteiger partial charge on any atom is -0.352 e. The minimum atomic E-state index is -0.0363. The number of amides is 3. The smallest absolute Gasteiger partial charge is 0.320 e.